The molecule has 0 spiro atoms. The summed E-state index contributed by atoms with van der Waals surface area (Å²) < 4.78 is 5.30. The number of nitrogens with two attached hydrogens (primary N) is 1. The van der Waals surface area contributed by atoms with Crippen molar-refractivity contribution in [3.63, 3.8) is 0 Å². The number of nitrogens with zero attached hydrogens (tertiary/aromatic N) is 3. The molecule has 7 heteroatoms. The van der Waals surface area contributed by atoms with Gasteiger partial charge in [-0.15, -0.1) is 0 Å². The number of aromatic nitrogens is 3. The van der Waals surface area contributed by atoms with Crippen LogP contribution < -0.4 is 15.8 Å². The predicted octanol–water partition coefficient (Wildman–Crippen LogP) is 1.67. The fourth-order valence-electron chi connectivity index (χ4n) is 2.38. The lowest BCUT2D eigenvalue weighted by Crippen LogP contribution is -2.32. The van der Waals surface area contributed by atoms with Crippen LogP contribution in [0.2, 0.25) is 0 Å². The Bertz CT molecular complexity index is 611. The molecular formula is C17H26N6O. The van der Waals surface area contributed by atoms with Gasteiger partial charge in [-0.3, -0.25) is 9.98 Å². The van der Waals surface area contributed by atoms with Crippen molar-refractivity contribution in [2.75, 3.05) is 20.2 Å². The van der Waals surface area contributed by atoms with E-state index in [1.165, 1.54) is 0 Å². The Kier molecular flexibility index (Phi) is 7.59. The average molecular weight is 330 g/mol. The van der Waals surface area contributed by atoms with E-state index in [0.29, 0.717) is 12.5 Å². The summed E-state index contributed by atoms with van der Waals surface area (Å²) in [5.74, 6) is 1.36. The lowest BCUT2D eigenvalue weighted by molar-refractivity contribution is 0.406. The molecule has 0 aromatic carbocycles. The normalized spacial score (nSPS) is 11.5. The van der Waals surface area contributed by atoms with Crippen molar-refractivity contribution < 1.29 is 4.74 Å². The fraction of sp³-hybridized carbons (Fsp3) is 0.471. The van der Waals surface area contributed by atoms with Gasteiger partial charge in [0, 0.05) is 31.2 Å². The third-order valence-electron chi connectivity index (χ3n) is 3.66. The highest BCUT2D eigenvalue weighted by Gasteiger charge is 2.02. The molecular weight excluding hydrogens is 304 g/mol. The first-order valence-electron chi connectivity index (χ1n) is 8.28. The summed E-state index contributed by atoms with van der Waals surface area (Å²) in [5.41, 5.74) is 7.99. The number of imidazole rings is 1. The molecule has 0 atom stereocenters. The standard InChI is InChI=1S/C17H26N6O/c1-24-16-8-5-10-20-15(16)7-2-3-9-21-17(18)22-11-4-6-14-12-19-13-23-14/h5,8,10,12-13H,2-4,6-7,9,11H2,1H3,(H,19,23)(H3,18,21,22). The molecule has 0 unspecified atom stereocenters. The number of nitrogens with one attached hydrogen (secondary N) is 2. The van der Waals surface area contributed by atoms with E-state index in [1.807, 2.05) is 18.3 Å². The van der Waals surface area contributed by atoms with E-state index in [0.717, 1.165) is 55.8 Å². The van der Waals surface area contributed by atoms with E-state index in [1.54, 1.807) is 19.6 Å². The van der Waals surface area contributed by atoms with Gasteiger partial charge in [0.05, 0.1) is 19.1 Å². The lowest BCUT2D eigenvalue weighted by Gasteiger charge is -2.08. The highest BCUT2D eigenvalue weighted by atomic mass is 16.5. The summed E-state index contributed by atoms with van der Waals surface area (Å²) in [5, 5.41) is 3.15. The van der Waals surface area contributed by atoms with Crippen LogP contribution in [0.15, 0.2) is 35.8 Å². The van der Waals surface area contributed by atoms with Crippen LogP contribution in [0.5, 0.6) is 5.75 Å². The number of guanidine groups is 1. The van der Waals surface area contributed by atoms with Gasteiger partial charge in [0.1, 0.15) is 5.75 Å². The van der Waals surface area contributed by atoms with Crippen LogP contribution in [0.4, 0.5) is 0 Å². The van der Waals surface area contributed by atoms with Crippen LogP contribution in [0, 0.1) is 0 Å². The third kappa shape index (κ3) is 6.28. The van der Waals surface area contributed by atoms with E-state index >= 15 is 0 Å². The molecule has 2 rings (SSSR count). The van der Waals surface area contributed by atoms with E-state index in [4.69, 9.17) is 10.5 Å². The van der Waals surface area contributed by atoms with Crippen LogP contribution in [-0.2, 0) is 12.8 Å². The van der Waals surface area contributed by atoms with Gasteiger partial charge in [-0.25, -0.2) is 4.98 Å². The number of H-pyrrole nitrogens is 1. The molecule has 0 aliphatic rings. The maximum Gasteiger partial charge on any atom is 0.188 e. The summed E-state index contributed by atoms with van der Waals surface area (Å²) in [6.07, 6.45) is 10.1. The van der Waals surface area contributed by atoms with E-state index in [9.17, 15) is 0 Å². The number of pyridine rings is 1. The number of aromatic amines is 1. The highest BCUT2D eigenvalue weighted by molar-refractivity contribution is 5.77. The van der Waals surface area contributed by atoms with E-state index < -0.39 is 0 Å². The van der Waals surface area contributed by atoms with Crippen molar-refractivity contribution in [2.45, 2.75) is 32.1 Å². The topological polar surface area (TPSA) is 101 Å². The number of hydrogen-bond acceptors (Lipinski definition) is 4. The smallest absolute Gasteiger partial charge is 0.188 e. The summed E-state index contributed by atoms with van der Waals surface area (Å²) in [6.45, 7) is 1.52. The molecule has 7 nitrogen and oxygen atoms in total. The molecule has 24 heavy (non-hydrogen) atoms. The number of aryl methyl sites for hydroxylation is 2. The summed E-state index contributed by atoms with van der Waals surface area (Å²) in [6, 6.07) is 3.82. The van der Waals surface area contributed by atoms with Crippen LogP contribution in [-0.4, -0.2) is 41.1 Å². The Morgan fingerprint density at radius 3 is 3.04 bits per heavy atom. The average Bonchev–Trinajstić information content (AvgIpc) is 3.12. The van der Waals surface area contributed by atoms with Crippen LogP contribution >= 0.6 is 0 Å². The molecule has 0 saturated heterocycles. The molecule has 0 saturated carbocycles. The van der Waals surface area contributed by atoms with Gasteiger partial charge in [0.15, 0.2) is 5.96 Å². The zero-order valence-electron chi connectivity index (χ0n) is 14.2. The quantitative estimate of drug-likeness (QED) is 0.349. The minimum atomic E-state index is 0.509. The van der Waals surface area contributed by atoms with Gasteiger partial charge in [-0.1, -0.05) is 0 Å². The second-order valence-corrected chi connectivity index (χ2v) is 5.48. The van der Waals surface area contributed by atoms with Crippen LogP contribution in [0.25, 0.3) is 0 Å². The van der Waals surface area contributed by atoms with Crippen LogP contribution in [0.1, 0.15) is 30.7 Å². The molecule has 2 aromatic heterocycles. The van der Waals surface area contributed by atoms with Gasteiger partial charge in [-0.05, 0) is 44.2 Å². The summed E-state index contributed by atoms with van der Waals surface area (Å²) >= 11 is 0. The Morgan fingerprint density at radius 2 is 2.25 bits per heavy atom. The molecule has 4 N–H and O–H groups in total. The molecule has 0 aliphatic heterocycles. The zero-order chi connectivity index (χ0) is 17.0. The van der Waals surface area contributed by atoms with Crippen molar-refractivity contribution in [1.29, 1.82) is 0 Å². The van der Waals surface area contributed by atoms with E-state index in [2.05, 4.69) is 25.3 Å². The van der Waals surface area contributed by atoms with Gasteiger partial charge >= 0.3 is 0 Å². The first-order chi connectivity index (χ1) is 11.8. The van der Waals surface area contributed by atoms with Crippen molar-refractivity contribution in [1.82, 2.24) is 20.3 Å². The molecule has 130 valence electrons. The number of rotatable bonds is 10. The monoisotopic (exact) mass is 330 g/mol. The minimum Gasteiger partial charge on any atom is -0.495 e. The van der Waals surface area contributed by atoms with Gasteiger partial charge < -0.3 is 20.8 Å². The Morgan fingerprint density at radius 1 is 1.33 bits per heavy atom. The Hall–Kier alpha value is -2.57. The summed E-state index contributed by atoms with van der Waals surface area (Å²) in [4.78, 5) is 15.7. The molecule has 0 fully saturated rings. The number of unbranched alkanes of at least 4 members (excludes halogenated alkanes) is 1. The van der Waals surface area contributed by atoms with Gasteiger partial charge in [-0.2, -0.15) is 0 Å². The second kappa shape index (κ2) is 10.3. The number of aliphatic imine (C=N–C) groups is 1. The Balaban J connectivity index is 1.55. The second-order valence-electron chi connectivity index (χ2n) is 5.48. The maximum atomic E-state index is 5.86. The molecule has 0 radical (unpaired) electrons. The maximum absolute atomic E-state index is 5.86. The SMILES string of the molecule is COc1cccnc1CCCCNC(N)=NCCCc1cnc[nH]1. The molecule has 0 aliphatic carbocycles. The predicted molar refractivity (Wildman–Crippen MR) is 95.1 cm³/mol. The highest BCUT2D eigenvalue weighted by Crippen LogP contribution is 2.16. The number of hydrogen-bond donors (Lipinski definition) is 3. The largest absolute Gasteiger partial charge is 0.495 e. The number of ether oxygens (including phenoxy) is 1. The van der Waals surface area contributed by atoms with Crippen LogP contribution in [0.3, 0.4) is 0 Å². The van der Waals surface area contributed by atoms with Crippen molar-refractivity contribution in [2.24, 2.45) is 10.7 Å². The lowest BCUT2D eigenvalue weighted by atomic mass is 10.1. The Labute approximate surface area is 142 Å². The molecule has 2 heterocycles. The molecule has 2 aromatic rings. The minimum absolute atomic E-state index is 0.509. The van der Waals surface area contributed by atoms with Crippen molar-refractivity contribution >= 4 is 5.96 Å². The van der Waals surface area contributed by atoms with Gasteiger partial charge in [0.25, 0.3) is 0 Å². The van der Waals surface area contributed by atoms with Crippen molar-refractivity contribution in [3.8, 4) is 5.75 Å². The van der Waals surface area contributed by atoms with E-state index in [-0.39, 0.29) is 0 Å². The zero-order valence-corrected chi connectivity index (χ0v) is 14.2. The first kappa shape index (κ1) is 17.8. The van der Waals surface area contributed by atoms with Crippen molar-refractivity contribution in [3.05, 3.63) is 42.2 Å². The fourth-order valence-corrected chi connectivity index (χ4v) is 2.38. The van der Waals surface area contributed by atoms with Gasteiger partial charge in [0.2, 0.25) is 0 Å². The first-order valence-corrected chi connectivity index (χ1v) is 8.28. The molecule has 0 amide bonds. The summed E-state index contributed by atoms with van der Waals surface area (Å²) in [7, 11) is 1.67. The molecule has 0 bridgehead atoms. The number of methoxy groups -OCH3 is 1. The third-order valence-corrected chi connectivity index (χ3v) is 3.66.